The third-order valence-corrected chi connectivity index (χ3v) is 5.77. The van der Waals surface area contributed by atoms with Crippen LogP contribution in [0.4, 0.5) is 0 Å². The highest BCUT2D eigenvalue weighted by molar-refractivity contribution is 6.30. The molecule has 0 spiro atoms. The molecule has 2 aliphatic heterocycles. The van der Waals surface area contributed by atoms with E-state index in [1.165, 1.54) is 5.56 Å². The molecular weight excluding hydrogens is 284 g/mol. The Bertz CT molecular complexity index is 560. The minimum Gasteiger partial charge on any atom is -0.342 e. The summed E-state index contributed by atoms with van der Waals surface area (Å²) >= 11 is 6.07. The van der Waals surface area contributed by atoms with Gasteiger partial charge in [-0.2, -0.15) is 0 Å². The molecule has 1 aromatic carbocycles. The van der Waals surface area contributed by atoms with Crippen LogP contribution < -0.4 is 5.32 Å². The number of nitrogens with zero attached hydrogens (tertiary/aromatic N) is 1. The van der Waals surface area contributed by atoms with Crippen LogP contribution in [0, 0.1) is 11.8 Å². The third-order valence-electron chi connectivity index (χ3n) is 5.54. The Morgan fingerprint density at radius 3 is 2.62 bits per heavy atom. The Hall–Kier alpha value is -1.06. The lowest BCUT2D eigenvalue weighted by Crippen LogP contribution is -2.40. The van der Waals surface area contributed by atoms with Crippen molar-refractivity contribution < 1.29 is 4.79 Å². The Morgan fingerprint density at radius 2 is 1.90 bits per heavy atom. The second-order valence-electron chi connectivity index (χ2n) is 6.68. The molecule has 1 unspecified atom stereocenters. The number of hydrogen-bond acceptors (Lipinski definition) is 2. The molecule has 2 heterocycles. The molecule has 0 bridgehead atoms. The molecule has 1 amide bonds. The first-order valence-corrected chi connectivity index (χ1v) is 8.38. The minimum absolute atomic E-state index is 0.0507. The molecule has 112 valence electrons. The molecule has 3 aliphatic rings. The number of amides is 1. The van der Waals surface area contributed by atoms with Crippen molar-refractivity contribution in [1.29, 1.82) is 0 Å². The number of benzene rings is 1. The topological polar surface area (TPSA) is 32.3 Å². The summed E-state index contributed by atoms with van der Waals surface area (Å²) in [6.07, 6.45) is 3.19. The van der Waals surface area contributed by atoms with Crippen molar-refractivity contribution in [3.63, 3.8) is 0 Å². The van der Waals surface area contributed by atoms with E-state index in [2.05, 4.69) is 16.3 Å². The standard InChI is InChI=1S/C17H21ClN2O/c18-14-2-1-11-7-16(15(11)8-14)17(21)20-5-3-12-9-19-10-13(12)4-6-20/h1-2,8,12-13,16,19H,3-7,9-10H2/t12-,13+,16?. The highest BCUT2D eigenvalue weighted by Crippen LogP contribution is 2.39. The number of halogens is 1. The first-order valence-electron chi connectivity index (χ1n) is 8.00. The molecule has 0 saturated carbocycles. The molecule has 2 saturated heterocycles. The van der Waals surface area contributed by atoms with E-state index in [1.807, 2.05) is 12.1 Å². The summed E-state index contributed by atoms with van der Waals surface area (Å²) in [6, 6.07) is 5.95. The third kappa shape index (κ3) is 2.36. The summed E-state index contributed by atoms with van der Waals surface area (Å²) in [5.74, 6) is 1.91. The highest BCUT2D eigenvalue weighted by Gasteiger charge is 2.37. The van der Waals surface area contributed by atoms with Crippen molar-refractivity contribution in [1.82, 2.24) is 10.2 Å². The van der Waals surface area contributed by atoms with Gasteiger partial charge in [0.1, 0.15) is 0 Å². The maximum Gasteiger partial charge on any atom is 0.230 e. The molecule has 0 aromatic heterocycles. The van der Waals surface area contributed by atoms with E-state index in [-0.39, 0.29) is 5.92 Å². The van der Waals surface area contributed by atoms with Crippen molar-refractivity contribution in [3.05, 3.63) is 34.3 Å². The first-order chi connectivity index (χ1) is 10.2. The van der Waals surface area contributed by atoms with Crippen molar-refractivity contribution in [2.45, 2.75) is 25.2 Å². The maximum absolute atomic E-state index is 12.8. The van der Waals surface area contributed by atoms with Crippen molar-refractivity contribution in [3.8, 4) is 0 Å². The fourth-order valence-corrected chi connectivity index (χ4v) is 4.33. The molecule has 4 rings (SSSR count). The molecule has 1 N–H and O–H groups in total. The Balaban J connectivity index is 1.46. The zero-order valence-corrected chi connectivity index (χ0v) is 12.9. The second kappa shape index (κ2) is 5.29. The van der Waals surface area contributed by atoms with Crippen LogP contribution in [0.1, 0.15) is 29.9 Å². The van der Waals surface area contributed by atoms with Crippen molar-refractivity contribution in [2.24, 2.45) is 11.8 Å². The van der Waals surface area contributed by atoms with Gasteiger partial charge in [-0.3, -0.25) is 4.79 Å². The average Bonchev–Trinajstić information content (AvgIpc) is 2.81. The molecule has 0 radical (unpaired) electrons. The van der Waals surface area contributed by atoms with E-state index in [0.717, 1.165) is 67.9 Å². The smallest absolute Gasteiger partial charge is 0.230 e. The van der Waals surface area contributed by atoms with Gasteiger partial charge in [-0.15, -0.1) is 0 Å². The monoisotopic (exact) mass is 304 g/mol. The number of carbonyl (C=O) groups is 1. The van der Waals surface area contributed by atoms with Gasteiger partial charge in [0.15, 0.2) is 0 Å². The fourth-order valence-electron chi connectivity index (χ4n) is 4.15. The highest BCUT2D eigenvalue weighted by atomic mass is 35.5. The predicted octanol–water partition coefficient (Wildman–Crippen LogP) is 2.44. The number of rotatable bonds is 1. The van der Waals surface area contributed by atoms with Crippen LogP contribution in [0.2, 0.25) is 5.02 Å². The van der Waals surface area contributed by atoms with E-state index in [1.54, 1.807) is 0 Å². The van der Waals surface area contributed by atoms with Crippen LogP contribution in [-0.4, -0.2) is 37.0 Å². The lowest BCUT2D eigenvalue weighted by molar-refractivity contribution is -0.133. The zero-order chi connectivity index (χ0) is 14.4. The molecule has 2 fully saturated rings. The van der Waals surface area contributed by atoms with E-state index < -0.39 is 0 Å². The van der Waals surface area contributed by atoms with Gasteiger partial charge in [0.2, 0.25) is 5.91 Å². The van der Waals surface area contributed by atoms with E-state index in [9.17, 15) is 4.79 Å². The second-order valence-corrected chi connectivity index (χ2v) is 7.12. The Kier molecular flexibility index (Phi) is 3.43. The lowest BCUT2D eigenvalue weighted by atomic mass is 9.77. The summed E-state index contributed by atoms with van der Waals surface area (Å²) in [7, 11) is 0. The molecule has 1 aromatic rings. The molecule has 21 heavy (non-hydrogen) atoms. The Labute approximate surface area is 130 Å². The molecule has 1 aliphatic carbocycles. The number of nitrogens with one attached hydrogen (secondary N) is 1. The average molecular weight is 305 g/mol. The van der Waals surface area contributed by atoms with Crippen LogP contribution >= 0.6 is 11.6 Å². The van der Waals surface area contributed by atoms with E-state index in [0.29, 0.717) is 5.91 Å². The lowest BCUT2D eigenvalue weighted by Gasteiger charge is -2.34. The van der Waals surface area contributed by atoms with Crippen LogP contribution in [0.5, 0.6) is 0 Å². The number of likely N-dealkylation sites (tertiary alicyclic amines) is 1. The van der Waals surface area contributed by atoms with Crippen molar-refractivity contribution in [2.75, 3.05) is 26.2 Å². The van der Waals surface area contributed by atoms with Crippen molar-refractivity contribution >= 4 is 17.5 Å². The van der Waals surface area contributed by atoms with Crippen LogP contribution in [-0.2, 0) is 11.2 Å². The van der Waals surface area contributed by atoms with E-state index in [4.69, 9.17) is 11.6 Å². The van der Waals surface area contributed by atoms with Gasteiger partial charge in [0.05, 0.1) is 5.92 Å². The predicted molar refractivity (Wildman–Crippen MR) is 83.6 cm³/mol. The van der Waals surface area contributed by atoms with Gasteiger partial charge in [-0.25, -0.2) is 0 Å². The van der Waals surface area contributed by atoms with Gasteiger partial charge in [0.25, 0.3) is 0 Å². The SMILES string of the molecule is O=C(C1Cc2ccc(Cl)cc21)N1CC[C@@H]2CNC[C@@H]2CC1. The fraction of sp³-hybridized carbons (Fsp3) is 0.588. The summed E-state index contributed by atoms with van der Waals surface area (Å²) in [5.41, 5.74) is 2.44. The van der Waals surface area contributed by atoms with Crippen LogP contribution in [0.25, 0.3) is 0 Å². The van der Waals surface area contributed by atoms with Gasteiger partial charge in [-0.05, 0) is 67.4 Å². The Morgan fingerprint density at radius 1 is 1.19 bits per heavy atom. The zero-order valence-electron chi connectivity index (χ0n) is 12.1. The number of hydrogen-bond donors (Lipinski definition) is 1. The first kappa shape index (κ1) is 13.6. The minimum atomic E-state index is 0.0507. The number of fused-ring (bicyclic) bond motifs is 2. The normalized spacial score (nSPS) is 31.1. The summed E-state index contributed by atoms with van der Waals surface area (Å²) < 4.78 is 0. The number of carbonyl (C=O) groups excluding carboxylic acids is 1. The van der Waals surface area contributed by atoms with Crippen LogP contribution in [0.3, 0.4) is 0 Å². The molecule has 3 nitrogen and oxygen atoms in total. The summed E-state index contributed by atoms with van der Waals surface area (Å²) in [6.45, 7) is 4.12. The molecule has 4 heteroatoms. The molecule has 3 atom stereocenters. The quantitative estimate of drug-likeness (QED) is 0.864. The van der Waals surface area contributed by atoms with Gasteiger partial charge in [-0.1, -0.05) is 17.7 Å². The summed E-state index contributed by atoms with van der Waals surface area (Å²) in [5, 5.41) is 4.22. The largest absolute Gasteiger partial charge is 0.342 e. The van der Waals surface area contributed by atoms with Gasteiger partial charge in [0, 0.05) is 18.1 Å². The van der Waals surface area contributed by atoms with E-state index >= 15 is 0 Å². The molecular formula is C17H21ClN2O. The van der Waals surface area contributed by atoms with Crippen LogP contribution in [0.15, 0.2) is 18.2 Å². The summed E-state index contributed by atoms with van der Waals surface area (Å²) in [4.78, 5) is 14.9. The maximum atomic E-state index is 12.8. The van der Waals surface area contributed by atoms with Gasteiger partial charge < -0.3 is 10.2 Å². The van der Waals surface area contributed by atoms with Gasteiger partial charge >= 0.3 is 0 Å².